The van der Waals surface area contributed by atoms with Crippen molar-refractivity contribution in [1.82, 2.24) is 4.98 Å². The van der Waals surface area contributed by atoms with Gasteiger partial charge in [0.1, 0.15) is 0 Å². The number of azide groups is 1. The molecule has 13 heavy (non-hydrogen) atoms. The number of hydrogen-bond donors (Lipinski definition) is 0. The Morgan fingerprint density at radius 1 is 1.92 bits per heavy atom. The van der Waals surface area contributed by atoms with Crippen molar-refractivity contribution in [2.45, 2.75) is 6.92 Å². The average Bonchev–Trinajstić information content (AvgIpc) is 2.54. The SMILES string of the molecule is CCOC(=O)c1csc(N=[N+]=[N-])n1. The summed E-state index contributed by atoms with van der Waals surface area (Å²) >= 11 is 1.10. The number of esters is 1. The van der Waals surface area contributed by atoms with Crippen LogP contribution in [0.25, 0.3) is 10.4 Å². The summed E-state index contributed by atoms with van der Waals surface area (Å²) in [7, 11) is 0. The van der Waals surface area contributed by atoms with Crippen LogP contribution in [0.2, 0.25) is 0 Å². The first-order valence-corrected chi connectivity index (χ1v) is 4.33. The molecule has 1 aromatic rings. The van der Waals surface area contributed by atoms with Gasteiger partial charge in [0, 0.05) is 10.3 Å². The van der Waals surface area contributed by atoms with Crippen LogP contribution in [0, 0.1) is 0 Å². The maximum Gasteiger partial charge on any atom is 0.357 e. The molecule has 1 rings (SSSR count). The van der Waals surface area contributed by atoms with Crippen molar-refractivity contribution in [2.75, 3.05) is 6.61 Å². The highest BCUT2D eigenvalue weighted by Gasteiger charge is 2.09. The molecule has 6 nitrogen and oxygen atoms in total. The Balaban J connectivity index is 2.79. The molecule has 0 aliphatic carbocycles. The number of aromatic nitrogens is 1. The molecule has 0 amide bonds. The minimum Gasteiger partial charge on any atom is -0.461 e. The van der Waals surface area contributed by atoms with Crippen LogP contribution in [-0.4, -0.2) is 17.6 Å². The Morgan fingerprint density at radius 3 is 3.31 bits per heavy atom. The highest BCUT2D eigenvalue weighted by Crippen LogP contribution is 2.19. The fraction of sp³-hybridized carbons (Fsp3) is 0.333. The Bertz CT molecular complexity index is 355. The fourth-order valence-electron chi connectivity index (χ4n) is 0.647. The molecule has 1 aromatic heterocycles. The van der Waals surface area contributed by atoms with Crippen molar-refractivity contribution >= 4 is 22.4 Å². The zero-order valence-corrected chi connectivity index (χ0v) is 7.61. The monoisotopic (exact) mass is 198 g/mol. The van der Waals surface area contributed by atoms with Gasteiger partial charge in [-0.3, -0.25) is 0 Å². The van der Waals surface area contributed by atoms with Gasteiger partial charge in [-0.2, -0.15) is 0 Å². The van der Waals surface area contributed by atoms with Crippen LogP contribution in [-0.2, 0) is 4.74 Å². The van der Waals surface area contributed by atoms with Crippen LogP contribution < -0.4 is 0 Å². The second kappa shape index (κ2) is 4.44. The molecule has 1 heterocycles. The van der Waals surface area contributed by atoms with Gasteiger partial charge in [0.15, 0.2) is 10.8 Å². The molecule has 0 aliphatic heterocycles. The largest absolute Gasteiger partial charge is 0.461 e. The summed E-state index contributed by atoms with van der Waals surface area (Å²) in [6.45, 7) is 2.01. The number of ether oxygens (including phenoxy) is 1. The molecule has 0 radical (unpaired) electrons. The van der Waals surface area contributed by atoms with E-state index in [1.165, 1.54) is 5.38 Å². The fourth-order valence-corrected chi connectivity index (χ4v) is 1.25. The smallest absolute Gasteiger partial charge is 0.357 e. The van der Waals surface area contributed by atoms with Gasteiger partial charge in [-0.05, 0) is 17.6 Å². The van der Waals surface area contributed by atoms with Crippen molar-refractivity contribution in [1.29, 1.82) is 0 Å². The van der Waals surface area contributed by atoms with E-state index < -0.39 is 5.97 Å². The number of thiazole rings is 1. The van der Waals surface area contributed by atoms with Gasteiger partial charge in [0.25, 0.3) is 0 Å². The molecule has 0 aliphatic rings. The Labute approximate surface area is 77.8 Å². The van der Waals surface area contributed by atoms with E-state index in [0.717, 1.165) is 11.3 Å². The zero-order valence-electron chi connectivity index (χ0n) is 6.80. The molecule has 0 bridgehead atoms. The first-order chi connectivity index (χ1) is 6.27. The van der Waals surface area contributed by atoms with Crippen LogP contribution in [0.5, 0.6) is 0 Å². The third-order valence-electron chi connectivity index (χ3n) is 1.11. The first kappa shape index (κ1) is 9.50. The van der Waals surface area contributed by atoms with E-state index >= 15 is 0 Å². The molecule has 0 saturated carbocycles. The van der Waals surface area contributed by atoms with Gasteiger partial charge in [-0.15, -0.1) is 11.3 Å². The summed E-state index contributed by atoms with van der Waals surface area (Å²) in [6.07, 6.45) is 0. The van der Waals surface area contributed by atoms with Crippen molar-refractivity contribution in [2.24, 2.45) is 5.11 Å². The lowest BCUT2D eigenvalue weighted by molar-refractivity contribution is 0.0520. The van der Waals surface area contributed by atoms with Crippen LogP contribution in [0.15, 0.2) is 10.5 Å². The first-order valence-electron chi connectivity index (χ1n) is 3.45. The minimum atomic E-state index is -0.502. The minimum absolute atomic E-state index is 0.175. The highest BCUT2D eigenvalue weighted by molar-refractivity contribution is 7.13. The van der Waals surface area contributed by atoms with Crippen LogP contribution >= 0.6 is 11.3 Å². The van der Waals surface area contributed by atoms with Crippen molar-refractivity contribution in [3.8, 4) is 0 Å². The van der Waals surface area contributed by atoms with E-state index in [9.17, 15) is 4.79 Å². The number of nitrogens with zero attached hydrogens (tertiary/aromatic N) is 4. The molecular weight excluding hydrogens is 192 g/mol. The molecule has 0 N–H and O–H groups in total. The third kappa shape index (κ3) is 2.43. The van der Waals surface area contributed by atoms with E-state index in [2.05, 4.69) is 19.7 Å². The lowest BCUT2D eigenvalue weighted by Crippen LogP contribution is -2.04. The molecular formula is C6H6N4O2S. The average molecular weight is 198 g/mol. The number of hydrogen-bond acceptors (Lipinski definition) is 5. The summed E-state index contributed by atoms with van der Waals surface area (Å²) in [6, 6.07) is 0. The van der Waals surface area contributed by atoms with Crippen LogP contribution in [0.1, 0.15) is 17.4 Å². The van der Waals surface area contributed by atoms with Gasteiger partial charge in [-0.25, -0.2) is 9.78 Å². The summed E-state index contributed by atoms with van der Waals surface area (Å²) in [5.74, 6) is -0.502. The summed E-state index contributed by atoms with van der Waals surface area (Å²) in [5, 5.41) is 4.95. The van der Waals surface area contributed by atoms with Gasteiger partial charge in [0.05, 0.1) is 6.61 Å². The van der Waals surface area contributed by atoms with Crippen LogP contribution in [0.4, 0.5) is 5.13 Å². The van der Waals surface area contributed by atoms with Gasteiger partial charge in [0.2, 0.25) is 0 Å². The van der Waals surface area contributed by atoms with E-state index in [1.54, 1.807) is 6.92 Å². The maximum absolute atomic E-state index is 11.0. The summed E-state index contributed by atoms with van der Waals surface area (Å²) in [5.41, 5.74) is 8.25. The lowest BCUT2D eigenvalue weighted by atomic mass is 10.5. The van der Waals surface area contributed by atoms with Crippen LogP contribution in [0.3, 0.4) is 0 Å². The van der Waals surface area contributed by atoms with Gasteiger partial charge in [-0.1, -0.05) is 0 Å². The number of rotatable bonds is 3. The van der Waals surface area contributed by atoms with Crippen molar-refractivity contribution in [3.05, 3.63) is 21.5 Å². The Kier molecular flexibility index (Phi) is 3.24. The predicted octanol–water partition coefficient (Wildman–Crippen LogP) is 2.26. The van der Waals surface area contributed by atoms with Crippen molar-refractivity contribution < 1.29 is 9.53 Å². The predicted molar refractivity (Wildman–Crippen MR) is 46.9 cm³/mol. The van der Waals surface area contributed by atoms with Gasteiger partial charge >= 0.3 is 5.97 Å². The summed E-state index contributed by atoms with van der Waals surface area (Å²) in [4.78, 5) is 17.3. The quantitative estimate of drug-likeness (QED) is 0.323. The highest BCUT2D eigenvalue weighted by atomic mass is 32.1. The third-order valence-corrected chi connectivity index (χ3v) is 1.83. The summed E-state index contributed by atoms with van der Waals surface area (Å²) < 4.78 is 4.69. The molecule has 0 fully saturated rings. The van der Waals surface area contributed by atoms with E-state index in [-0.39, 0.29) is 10.8 Å². The molecule has 7 heteroatoms. The Morgan fingerprint density at radius 2 is 2.69 bits per heavy atom. The molecule has 0 unspecified atom stereocenters. The van der Waals surface area contributed by atoms with Gasteiger partial charge < -0.3 is 4.74 Å². The van der Waals surface area contributed by atoms with E-state index in [1.807, 2.05) is 0 Å². The lowest BCUT2D eigenvalue weighted by Gasteiger charge is -1.95. The number of carbonyl (C=O) groups excluding carboxylic acids is 1. The molecule has 0 saturated heterocycles. The zero-order chi connectivity index (χ0) is 9.68. The standard InChI is InChI=1S/C6H6N4O2S/c1-2-12-5(11)4-3-13-6(8-4)9-10-7/h3H,2H2,1H3. The molecule has 0 aromatic carbocycles. The van der Waals surface area contributed by atoms with E-state index in [4.69, 9.17) is 5.53 Å². The molecule has 0 atom stereocenters. The molecule has 0 spiro atoms. The normalized spacial score (nSPS) is 9.00. The van der Waals surface area contributed by atoms with E-state index in [0.29, 0.717) is 6.61 Å². The number of carbonyl (C=O) groups is 1. The van der Waals surface area contributed by atoms with Crippen molar-refractivity contribution in [3.63, 3.8) is 0 Å². The molecule has 68 valence electrons. The Hall–Kier alpha value is -1.59. The topological polar surface area (TPSA) is 88.0 Å². The second-order valence-corrected chi connectivity index (χ2v) is 2.76. The maximum atomic E-state index is 11.0. The second-order valence-electron chi connectivity index (χ2n) is 1.93.